The van der Waals surface area contributed by atoms with E-state index in [9.17, 15) is 9.59 Å². The molecule has 20 heavy (non-hydrogen) atoms. The molecule has 0 spiro atoms. The predicted molar refractivity (Wildman–Crippen MR) is 79.6 cm³/mol. The van der Waals surface area contributed by atoms with Gasteiger partial charge in [-0.25, -0.2) is 0 Å². The summed E-state index contributed by atoms with van der Waals surface area (Å²) >= 11 is 0. The lowest BCUT2D eigenvalue weighted by molar-refractivity contribution is -0.118. The molecule has 0 aliphatic carbocycles. The van der Waals surface area contributed by atoms with Crippen molar-refractivity contribution >= 4 is 23.2 Å². The molecule has 1 fully saturated rings. The van der Waals surface area contributed by atoms with E-state index in [1.54, 1.807) is 18.2 Å². The molecule has 1 aromatic rings. The Kier molecular flexibility index (Phi) is 5.12. The number of amides is 2. The first-order chi connectivity index (χ1) is 9.65. The van der Waals surface area contributed by atoms with Gasteiger partial charge in [-0.15, -0.1) is 0 Å². The van der Waals surface area contributed by atoms with Gasteiger partial charge < -0.3 is 16.0 Å². The van der Waals surface area contributed by atoms with Gasteiger partial charge in [0.25, 0.3) is 0 Å². The molecule has 0 radical (unpaired) electrons. The van der Waals surface area contributed by atoms with Crippen LogP contribution in [0.4, 0.5) is 11.4 Å². The summed E-state index contributed by atoms with van der Waals surface area (Å²) in [5, 5.41) is 8.87. The zero-order valence-corrected chi connectivity index (χ0v) is 11.7. The molecule has 2 rings (SSSR count). The Balaban J connectivity index is 1.97. The van der Waals surface area contributed by atoms with Crippen LogP contribution in [0.2, 0.25) is 0 Å². The molecule has 1 aliphatic rings. The van der Waals surface area contributed by atoms with Crippen molar-refractivity contribution in [2.75, 3.05) is 17.2 Å². The van der Waals surface area contributed by atoms with Crippen LogP contribution in [0.1, 0.15) is 32.6 Å². The monoisotopic (exact) mass is 275 g/mol. The Morgan fingerprint density at radius 3 is 2.65 bits per heavy atom. The normalized spacial score (nSPS) is 18.9. The molecule has 1 unspecified atom stereocenters. The fourth-order valence-corrected chi connectivity index (χ4v) is 2.36. The molecule has 2 amide bonds. The van der Waals surface area contributed by atoms with Crippen LogP contribution < -0.4 is 16.0 Å². The Bertz CT molecular complexity index is 480. The minimum absolute atomic E-state index is 0.00752. The zero-order valence-electron chi connectivity index (χ0n) is 11.7. The molecule has 1 aromatic carbocycles. The third-order valence-electron chi connectivity index (χ3n) is 3.33. The topological polar surface area (TPSA) is 70.2 Å². The van der Waals surface area contributed by atoms with Gasteiger partial charge in [0, 0.05) is 18.3 Å². The highest BCUT2D eigenvalue weighted by Crippen LogP contribution is 2.16. The maximum atomic E-state index is 12.2. The van der Waals surface area contributed by atoms with Crippen molar-refractivity contribution < 1.29 is 9.59 Å². The maximum Gasteiger partial charge on any atom is 0.241 e. The van der Waals surface area contributed by atoms with Crippen molar-refractivity contribution in [3.05, 3.63) is 24.3 Å². The summed E-state index contributed by atoms with van der Waals surface area (Å²) in [7, 11) is 0. The molecular weight excluding hydrogens is 254 g/mol. The summed E-state index contributed by atoms with van der Waals surface area (Å²) in [5.74, 6) is -0.134. The minimum atomic E-state index is -0.126. The van der Waals surface area contributed by atoms with E-state index in [2.05, 4.69) is 16.0 Å². The van der Waals surface area contributed by atoms with Gasteiger partial charge in [0.15, 0.2) is 0 Å². The van der Waals surface area contributed by atoms with Crippen LogP contribution in [0.15, 0.2) is 24.3 Å². The molecule has 1 aliphatic heterocycles. The fraction of sp³-hybridized carbons (Fsp3) is 0.467. The molecule has 0 aromatic heterocycles. The van der Waals surface area contributed by atoms with Gasteiger partial charge in [-0.1, -0.05) is 18.9 Å². The molecule has 1 saturated heterocycles. The van der Waals surface area contributed by atoms with Gasteiger partial charge in [0.1, 0.15) is 0 Å². The van der Waals surface area contributed by atoms with Crippen LogP contribution in [0, 0.1) is 0 Å². The first-order valence-corrected chi connectivity index (χ1v) is 7.07. The van der Waals surface area contributed by atoms with E-state index in [-0.39, 0.29) is 17.9 Å². The quantitative estimate of drug-likeness (QED) is 0.791. The standard InChI is InChI=1S/C15H21N3O2/c1-11(19)17-12-6-5-7-13(10-12)18-15(20)14-8-3-2-4-9-16-14/h5-7,10,14,16H,2-4,8-9H2,1H3,(H,17,19)(H,18,20). The second-order valence-electron chi connectivity index (χ2n) is 5.11. The fourth-order valence-electron chi connectivity index (χ4n) is 2.36. The van der Waals surface area contributed by atoms with Crippen LogP contribution >= 0.6 is 0 Å². The number of nitrogens with one attached hydrogen (secondary N) is 3. The van der Waals surface area contributed by atoms with E-state index >= 15 is 0 Å². The van der Waals surface area contributed by atoms with E-state index in [1.165, 1.54) is 13.3 Å². The summed E-state index contributed by atoms with van der Waals surface area (Å²) in [4.78, 5) is 23.2. The highest BCUT2D eigenvalue weighted by atomic mass is 16.2. The molecule has 1 atom stereocenters. The van der Waals surface area contributed by atoms with Crippen LogP contribution in [0.25, 0.3) is 0 Å². The van der Waals surface area contributed by atoms with Gasteiger partial charge in [-0.3, -0.25) is 9.59 Å². The van der Waals surface area contributed by atoms with E-state index in [0.29, 0.717) is 11.4 Å². The van der Waals surface area contributed by atoms with Gasteiger partial charge in [0.05, 0.1) is 6.04 Å². The Hall–Kier alpha value is -1.88. The average Bonchev–Trinajstić information content (AvgIpc) is 2.67. The predicted octanol–water partition coefficient (Wildman–Crippen LogP) is 2.12. The number of rotatable bonds is 3. The lowest BCUT2D eigenvalue weighted by atomic mass is 10.1. The van der Waals surface area contributed by atoms with Gasteiger partial charge in [-0.2, -0.15) is 0 Å². The van der Waals surface area contributed by atoms with Crippen molar-refractivity contribution in [3.8, 4) is 0 Å². The molecule has 3 N–H and O–H groups in total. The molecule has 0 saturated carbocycles. The van der Waals surface area contributed by atoms with E-state index in [0.717, 1.165) is 25.8 Å². The van der Waals surface area contributed by atoms with Crippen molar-refractivity contribution in [3.63, 3.8) is 0 Å². The van der Waals surface area contributed by atoms with Crippen molar-refractivity contribution in [2.45, 2.75) is 38.6 Å². The smallest absolute Gasteiger partial charge is 0.241 e. The first-order valence-electron chi connectivity index (χ1n) is 7.07. The number of hydrogen-bond acceptors (Lipinski definition) is 3. The van der Waals surface area contributed by atoms with Crippen LogP contribution in [0.5, 0.6) is 0 Å². The van der Waals surface area contributed by atoms with Crippen LogP contribution in [-0.2, 0) is 9.59 Å². The number of anilines is 2. The lowest BCUT2D eigenvalue weighted by Gasteiger charge is -2.16. The minimum Gasteiger partial charge on any atom is -0.326 e. The Labute approximate surface area is 119 Å². The van der Waals surface area contributed by atoms with Crippen LogP contribution in [-0.4, -0.2) is 24.4 Å². The van der Waals surface area contributed by atoms with Gasteiger partial charge in [0.2, 0.25) is 11.8 Å². The SMILES string of the molecule is CC(=O)Nc1cccc(NC(=O)C2CCCCCN2)c1. The number of carbonyl (C=O) groups excluding carboxylic acids is 2. The first kappa shape index (κ1) is 14.5. The maximum absolute atomic E-state index is 12.2. The lowest BCUT2D eigenvalue weighted by Crippen LogP contribution is -2.39. The van der Waals surface area contributed by atoms with E-state index in [1.807, 2.05) is 6.07 Å². The van der Waals surface area contributed by atoms with Crippen LogP contribution in [0.3, 0.4) is 0 Å². The Morgan fingerprint density at radius 2 is 1.90 bits per heavy atom. The van der Waals surface area contributed by atoms with Crippen molar-refractivity contribution in [2.24, 2.45) is 0 Å². The molecular formula is C15H21N3O2. The number of hydrogen-bond donors (Lipinski definition) is 3. The zero-order chi connectivity index (χ0) is 14.4. The summed E-state index contributed by atoms with van der Waals surface area (Å²) in [5.41, 5.74) is 1.39. The largest absolute Gasteiger partial charge is 0.326 e. The molecule has 5 nitrogen and oxygen atoms in total. The van der Waals surface area contributed by atoms with Gasteiger partial charge in [-0.05, 0) is 37.6 Å². The van der Waals surface area contributed by atoms with E-state index in [4.69, 9.17) is 0 Å². The van der Waals surface area contributed by atoms with Gasteiger partial charge >= 0.3 is 0 Å². The molecule has 1 heterocycles. The van der Waals surface area contributed by atoms with E-state index < -0.39 is 0 Å². The third-order valence-corrected chi connectivity index (χ3v) is 3.33. The summed E-state index contributed by atoms with van der Waals surface area (Å²) < 4.78 is 0. The summed E-state index contributed by atoms with van der Waals surface area (Å²) in [6.45, 7) is 2.35. The van der Waals surface area contributed by atoms with Crippen molar-refractivity contribution in [1.82, 2.24) is 5.32 Å². The third kappa shape index (κ3) is 4.35. The molecule has 5 heteroatoms. The number of carbonyl (C=O) groups is 2. The second kappa shape index (κ2) is 7.05. The number of benzene rings is 1. The Morgan fingerprint density at radius 1 is 1.15 bits per heavy atom. The average molecular weight is 275 g/mol. The highest BCUT2D eigenvalue weighted by molar-refractivity contribution is 5.96. The summed E-state index contributed by atoms with van der Waals surface area (Å²) in [6.07, 6.45) is 4.25. The highest BCUT2D eigenvalue weighted by Gasteiger charge is 2.19. The molecule has 0 bridgehead atoms. The second-order valence-corrected chi connectivity index (χ2v) is 5.11. The molecule has 108 valence electrons. The summed E-state index contributed by atoms with van der Waals surface area (Å²) in [6, 6.07) is 7.06. The van der Waals surface area contributed by atoms with Crippen molar-refractivity contribution in [1.29, 1.82) is 0 Å².